The molecule has 0 spiro atoms. The lowest BCUT2D eigenvalue weighted by molar-refractivity contribution is -0.380. The highest BCUT2D eigenvalue weighted by Crippen LogP contribution is 2.24. The van der Waals surface area contributed by atoms with Gasteiger partial charge < -0.3 is 32.2 Å². The summed E-state index contributed by atoms with van der Waals surface area (Å²) in [4.78, 5) is 0. The Morgan fingerprint density at radius 3 is 1.65 bits per heavy atom. The molecule has 0 aromatic carbocycles. The molecule has 0 bridgehead atoms. The summed E-state index contributed by atoms with van der Waals surface area (Å²) in [5, 5.41) is 0. The van der Waals surface area contributed by atoms with E-state index in [4.69, 9.17) is 32.2 Å². The largest absolute Gasteiger partial charge is 0.502 e. The number of methoxy groups -OCH3 is 1. The quantitative estimate of drug-likeness (QED) is 0.186. The van der Waals surface area contributed by atoms with E-state index in [1.54, 1.807) is 21.3 Å². The average molecular weight is 397 g/mol. The molecule has 0 heterocycles. The smallest absolute Gasteiger partial charge is 0.377 e. The fourth-order valence-electron chi connectivity index (χ4n) is 2.84. The molecule has 0 aliphatic carbocycles. The number of hydrogen-bond acceptors (Lipinski definition) is 7. The monoisotopic (exact) mass is 396 g/mol. The molecule has 8 heteroatoms. The van der Waals surface area contributed by atoms with Gasteiger partial charge in [0.05, 0.1) is 0 Å². The molecule has 0 aliphatic heterocycles. The van der Waals surface area contributed by atoms with Crippen molar-refractivity contribution in [2.75, 3.05) is 47.9 Å². The zero-order chi connectivity index (χ0) is 19.7. The summed E-state index contributed by atoms with van der Waals surface area (Å²) in [6, 6.07) is 0.796. The van der Waals surface area contributed by atoms with E-state index in [9.17, 15) is 0 Å². The van der Waals surface area contributed by atoms with E-state index in [-0.39, 0.29) is 6.79 Å². The van der Waals surface area contributed by atoms with E-state index < -0.39 is 14.8 Å². The molecule has 0 aromatic rings. The number of ether oxygens (including phenoxy) is 4. The van der Waals surface area contributed by atoms with Crippen LogP contribution in [0.3, 0.4) is 0 Å². The SMILES string of the molecule is CCOC(CCCCCCC[Si](OC)(OC)OCOC)(OCC)OCC. The summed E-state index contributed by atoms with van der Waals surface area (Å²) in [6.45, 7) is 7.79. The first-order chi connectivity index (χ1) is 12.6. The fraction of sp³-hybridized carbons (Fsp3) is 1.00. The summed E-state index contributed by atoms with van der Waals surface area (Å²) < 4.78 is 38.9. The number of hydrogen-bond donors (Lipinski definition) is 0. The second-order valence-electron chi connectivity index (χ2n) is 5.89. The Bertz CT molecular complexity index is 297. The molecule has 7 nitrogen and oxygen atoms in total. The van der Waals surface area contributed by atoms with E-state index in [2.05, 4.69) is 0 Å². The third kappa shape index (κ3) is 10.3. The third-order valence-corrected chi connectivity index (χ3v) is 6.84. The Hall–Kier alpha value is -0.0631. The minimum absolute atomic E-state index is 0.197. The van der Waals surface area contributed by atoms with Gasteiger partial charge in [-0.1, -0.05) is 19.3 Å². The number of unbranched alkanes of at least 4 members (excludes halogenated alkanes) is 4. The Morgan fingerprint density at radius 2 is 1.19 bits per heavy atom. The molecule has 0 N–H and O–H groups in total. The van der Waals surface area contributed by atoms with Crippen LogP contribution in [0.1, 0.15) is 59.3 Å². The van der Waals surface area contributed by atoms with Gasteiger partial charge in [0.2, 0.25) is 0 Å². The molecule has 0 aromatic heterocycles. The molecular weight excluding hydrogens is 356 g/mol. The van der Waals surface area contributed by atoms with E-state index in [1.807, 2.05) is 20.8 Å². The van der Waals surface area contributed by atoms with Crippen molar-refractivity contribution in [1.82, 2.24) is 0 Å². The van der Waals surface area contributed by atoms with Crippen LogP contribution in [0.15, 0.2) is 0 Å². The Labute approximate surface area is 160 Å². The summed E-state index contributed by atoms with van der Waals surface area (Å²) in [5.41, 5.74) is 0. The highest BCUT2D eigenvalue weighted by atomic mass is 28.4. The second kappa shape index (κ2) is 15.9. The first kappa shape index (κ1) is 25.9. The predicted octanol–water partition coefficient (Wildman–Crippen LogP) is 3.94. The van der Waals surface area contributed by atoms with Crippen LogP contribution in [0.5, 0.6) is 0 Å². The molecule has 158 valence electrons. The van der Waals surface area contributed by atoms with E-state index >= 15 is 0 Å². The van der Waals surface area contributed by atoms with Crippen LogP contribution >= 0.6 is 0 Å². The maximum atomic E-state index is 5.75. The van der Waals surface area contributed by atoms with Gasteiger partial charge in [0.25, 0.3) is 5.97 Å². The van der Waals surface area contributed by atoms with Crippen LogP contribution in [-0.4, -0.2) is 62.7 Å². The molecule has 0 saturated carbocycles. The van der Waals surface area contributed by atoms with Crippen molar-refractivity contribution in [3.63, 3.8) is 0 Å². The lowest BCUT2D eigenvalue weighted by Crippen LogP contribution is -2.44. The zero-order valence-corrected chi connectivity index (χ0v) is 18.6. The molecule has 0 aliphatic rings. The van der Waals surface area contributed by atoms with Gasteiger partial charge in [0.1, 0.15) is 6.79 Å². The van der Waals surface area contributed by atoms with Gasteiger partial charge in [-0.05, 0) is 33.6 Å². The molecule has 0 fully saturated rings. The molecule has 0 rings (SSSR count). The second-order valence-corrected chi connectivity index (χ2v) is 8.86. The van der Waals surface area contributed by atoms with Crippen molar-refractivity contribution < 1.29 is 32.2 Å². The van der Waals surface area contributed by atoms with Crippen LogP contribution < -0.4 is 0 Å². The third-order valence-electron chi connectivity index (χ3n) is 4.08. The van der Waals surface area contributed by atoms with Crippen molar-refractivity contribution in [1.29, 1.82) is 0 Å². The molecule has 0 atom stereocenters. The van der Waals surface area contributed by atoms with Crippen molar-refractivity contribution in [2.45, 2.75) is 71.3 Å². The van der Waals surface area contributed by atoms with Crippen molar-refractivity contribution in [3.8, 4) is 0 Å². The Balaban J connectivity index is 4.12. The van der Waals surface area contributed by atoms with Gasteiger partial charge in [-0.25, -0.2) is 0 Å². The maximum absolute atomic E-state index is 5.75. The van der Waals surface area contributed by atoms with Crippen LogP contribution in [0, 0.1) is 0 Å². The van der Waals surface area contributed by atoms with Gasteiger partial charge in [0.15, 0.2) is 0 Å². The van der Waals surface area contributed by atoms with Crippen molar-refractivity contribution in [2.24, 2.45) is 0 Å². The number of rotatable bonds is 19. The fourth-order valence-corrected chi connectivity index (χ4v) is 4.78. The van der Waals surface area contributed by atoms with Gasteiger partial charge in [-0.3, -0.25) is 0 Å². The lowest BCUT2D eigenvalue weighted by atomic mass is 10.1. The summed E-state index contributed by atoms with van der Waals surface area (Å²) in [5.74, 6) is -0.888. The normalized spacial score (nSPS) is 12.7. The minimum atomic E-state index is -2.58. The first-order valence-electron chi connectivity index (χ1n) is 9.72. The molecule has 0 saturated heterocycles. The standard InChI is InChI=1S/C18H40O7Si/c1-7-22-18(23-8-2,24-9-3)15-13-11-10-12-14-16-26(20-5,21-6)25-17-19-4/h7-17H2,1-6H3. The van der Waals surface area contributed by atoms with Crippen LogP contribution in [0.2, 0.25) is 6.04 Å². The average Bonchev–Trinajstić information content (AvgIpc) is 2.64. The Morgan fingerprint density at radius 1 is 0.692 bits per heavy atom. The topological polar surface area (TPSA) is 64.6 Å². The Kier molecular flexibility index (Phi) is 15.9. The van der Waals surface area contributed by atoms with Crippen LogP contribution in [0.25, 0.3) is 0 Å². The summed E-state index contributed by atoms with van der Waals surface area (Å²) in [6.07, 6.45) is 6.07. The molecule has 0 unspecified atom stereocenters. The van der Waals surface area contributed by atoms with E-state index in [0.29, 0.717) is 19.8 Å². The van der Waals surface area contributed by atoms with Crippen molar-refractivity contribution >= 4 is 8.80 Å². The molecule has 26 heavy (non-hydrogen) atoms. The summed E-state index contributed by atoms with van der Waals surface area (Å²) in [7, 11) is 2.29. The van der Waals surface area contributed by atoms with Gasteiger partial charge in [-0.2, -0.15) is 0 Å². The highest BCUT2D eigenvalue weighted by Gasteiger charge is 2.38. The molecular formula is C18H40O7Si. The minimum Gasteiger partial charge on any atom is -0.377 e. The molecule has 0 amide bonds. The highest BCUT2D eigenvalue weighted by molar-refractivity contribution is 6.60. The van der Waals surface area contributed by atoms with Gasteiger partial charge >= 0.3 is 8.80 Å². The zero-order valence-electron chi connectivity index (χ0n) is 17.6. The van der Waals surface area contributed by atoms with E-state index in [0.717, 1.165) is 44.6 Å². The van der Waals surface area contributed by atoms with Crippen LogP contribution in [-0.2, 0) is 32.2 Å². The predicted molar refractivity (Wildman–Crippen MR) is 103 cm³/mol. The van der Waals surface area contributed by atoms with E-state index in [1.165, 1.54) is 0 Å². The van der Waals surface area contributed by atoms with Crippen molar-refractivity contribution in [3.05, 3.63) is 0 Å². The maximum Gasteiger partial charge on any atom is 0.502 e. The lowest BCUT2D eigenvalue weighted by Gasteiger charge is -2.32. The first-order valence-corrected chi connectivity index (χ1v) is 11.7. The van der Waals surface area contributed by atoms with Crippen LogP contribution in [0.4, 0.5) is 0 Å². The molecule has 0 radical (unpaired) electrons. The summed E-state index contributed by atoms with van der Waals surface area (Å²) >= 11 is 0. The van der Waals surface area contributed by atoms with Gasteiger partial charge in [0, 0.05) is 53.6 Å². The van der Waals surface area contributed by atoms with Gasteiger partial charge in [-0.15, -0.1) is 0 Å².